The second kappa shape index (κ2) is 31.7. The van der Waals surface area contributed by atoms with Gasteiger partial charge in [0.15, 0.2) is 34.9 Å². The summed E-state index contributed by atoms with van der Waals surface area (Å²) in [5, 5.41) is 7.25. The molecule has 17 nitrogen and oxygen atoms in total. The molecule has 0 unspecified atom stereocenters. The van der Waals surface area contributed by atoms with Crippen molar-refractivity contribution in [3.8, 4) is 56.9 Å². The predicted octanol–water partition coefficient (Wildman–Crippen LogP) is 22.3. The quantitative estimate of drug-likeness (QED) is 0.111. The minimum Gasteiger partial charge on any atom is -0.468 e. The number of fused-ring (bicyclic) bond motifs is 21. The fraction of sp³-hybridized carbons (Fsp3) is 0. The lowest BCUT2D eigenvalue weighted by Crippen LogP contribution is -2.56. The molecule has 0 saturated heterocycles. The number of aromatic nitrogens is 8. The zero-order valence-corrected chi connectivity index (χ0v) is 71.6. The number of hydrogen-bond acceptors (Lipinski definition) is 18. The molecule has 10 aromatic heterocycles. The van der Waals surface area contributed by atoms with E-state index >= 15 is 0 Å². The highest BCUT2D eigenvalue weighted by molar-refractivity contribution is 7.26. The molecule has 0 radical (unpaired) electrons. The number of benzene rings is 15. The van der Waals surface area contributed by atoms with Crippen LogP contribution in [0.25, 0.3) is 143 Å². The van der Waals surface area contributed by atoms with Crippen LogP contribution in [0.2, 0.25) is 0 Å². The molecule has 0 bridgehead atoms. The van der Waals surface area contributed by atoms with Crippen LogP contribution in [0.5, 0.6) is 0 Å². The van der Waals surface area contributed by atoms with Crippen molar-refractivity contribution in [2.24, 2.45) is 0 Å². The average Bonchev–Trinajstić information content (AvgIpc) is 1.55. The third kappa shape index (κ3) is 12.9. The smallest absolute Gasteiger partial charge is 0.338 e. The van der Waals surface area contributed by atoms with E-state index in [1.54, 1.807) is 17.7 Å². The maximum absolute atomic E-state index is 6.74. The molecule has 133 heavy (non-hydrogen) atoms. The van der Waals surface area contributed by atoms with Gasteiger partial charge >= 0.3 is 20.1 Å². The molecule has 13 heterocycles. The lowest BCUT2D eigenvalue weighted by Gasteiger charge is -2.31. The summed E-state index contributed by atoms with van der Waals surface area (Å²) in [6, 6.07) is 137. The van der Waals surface area contributed by atoms with Crippen molar-refractivity contribution < 1.29 is 26.5 Å². The molecular weight excluding hydrogens is 1660 g/mol. The molecule has 28 rings (SSSR count). The van der Waals surface area contributed by atoms with Crippen LogP contribution in [0.4, 0.5) is 51.6 Å². The van der Waals surface area contributed by atoms with Gasteiger partial charge in [-0.15, -0.1) is 11.3 Å². The highest BCUT2D eigenvalue weighted by Gasteiger charge is 2.49. The van der Waals surface area contributed by atoms with Gasteiger partial charge in [-0.2, -0.15) is 9.97 Å². The molecule has 21 heteroatoms. The van der Waals surface area contributed by atoms with E-state index in [1.165, 1.54) is 4.70 Å². The minimum atomic E-state index is -0.263. The summed E-state index contributed by atoms with van der Waals surface area (Å²) < 4.78 is 42.5. The van der Waals surface area contributed by atoms with Gasteiger partial charge in [-0.05, 0) is 103 Å². The molecule has 0 amide bonds. The summed E-state index contributed by atoms with van der Waals surface area (Å²) in [6.45, 7) is -0.678. The monoisotopic (exact) mass is 1730 g/mol. The molecule has 0 saturated carbocycles. The highest BCUT2D eigenvalue weighted by Crippen LogP contribution is 2.51. The van der Waals surface area contributed by atoms with Crippen molar-refractivity contribution in [3.63, 3.8) is 0 Å². The first kappa shape index (κ1) is 76.7. The van der Waals surface area contributed by atoms with E-state index in [0.29, 0.717) is 35.1 Å². The van der Waals surface area contributed by atoms with E-state index in [1.807, 2.05) is 224 Å². The Hall–Kier alpha value is -17.5. The van der Waals surface area contributed by atoms with Crippen molar-refractivity contribution in [2.75, 3.05) is 14.7 Å². The topological polar surface area (TPSA) is 192 Å². The second-order valence-corrected chi connectivity index (χ2v) is 34.0. The largest absolute Gasteiger partial charge is 0.468 e. The van der Waals surface area contributed by atoms with Crippen molar-refractivity contribution in [1.82, 2.24) is 39.9 Å². The first-order chi connectivity index (χ1) is 66.0. The van der Waals surface area contributed by atoms with E-state index in [4.69, 9.17) is 66.4 Å². The molecule has 0 spiro atoms. The summed E-state index contributed by atoms with van der Waals surface area (Å²) >= 11 is 1.72. The van der Waals surface area contributed by atoms with Crippen LogP contribution >= 0.6 is 11.3 Å². The summed E-state index contributed by atoms with van der Waals surface area (Å²) in [4.78, 5) is 46.3. The van der Waals surface area contributed by atoms with Crippen LogP contribution in [0.1, 0.15) is 0 Å². The Balaban J connectivity index is 0.000000105. The van der Waals surface area contributed by atoms with Gasteiger partial charge in [-0.25, -0.2) is 29.9 Å². The van der Waals surface area contributed by atoms with E-state index in [2.05, 4.69) is 197 Å². The Bertz CT molecular complexity index is 8430. The third-order valence-electron chi connectivity index (χ3n) is 25.2. The average molecular weight is 1730 g/mol. The molecule has 0 aliphatic carbocycles. The molecule has 3 aliphatic rings. The Labute approximate surface area is 765 Å². The minimum absolute atomic E-state index is 0.202. The maximum atomic E-state index is 6.74. The molecule has 0 fully saturated rings. The van der Waals surface area contributed by atoms with Crippen LogP contribution in [0.3, 0.4) is 0 Å². The fourth-order valence-electron chi connectivity index (χ4n) is 19.3. The van der Waals surface area contributed by atoms with Gasteiger partial charge in [0.2, 0.25) is 5.95 Å². The number of furan rings is 6. The normalized spacial score (nSPS) is 12.6. The molecule has 25 aromatic rings. The Morgan fingerprint density at radius 3 is 0.797 bits per heavy atom. The number of para-hydroxylation sites is 6. The Kier molecular flexibility index (Phi) is 18.3. The Morgan fingerprint density at radius 2 is 0.474 bits per heavy atom. The first-order valence-electron chi connectivity index (χ1n) is 44.1. The standard InChI is InChI=1S/C43H27BN4O2.C37H23BN4O2.C32H18BN3O2S/c1-4-14-28(15-5-1)41-45-42(29-16-6-2-7-17-29)47-43(46-41)30-24-26-32(27-25-30)48-37-33-20-10-12-22-35(33)49-39(37)44(31-18-8-3-9-19-31)40-38(48)34-21-11-13-23-36(34)50-40;1-4-14-24(15-5-1)35-39-36(25-16-6-2-7-17-25)41-37(40-35)42-31-27-20-10-12-22-29(27)43-33(31)38(26-18-8-3-9-19-26)34-32(42)28-21-11-13-23-30(28)44-34;1-2-10-19(11-3-1)33-30-27(20-12-4-7-15-23(20)37-30)36(28-21-13-5-8-16-24(21)38-31(28)33)32-29-26(34-18-35-32)22-14-6-9-17-25(22)39-29/h1-27H;1-23H;1-18H. The van der Waals surface area contributed by atoms with Crippen molar-refractivity contribution >= 4 is 220 Å². The molecular formula is C112H68B3N11O6S. The third-order valence-corrected chi connectivity index (χ3v) is 26.4. The molecule has 15 aromatic carbocycles. The van der Waals surface area contributed by atoms with Gasteiger partial charge in [0, 0.05) is 75.9 Å². The van der Waals surface area contributed by atoms with Gasteiger partial charge in [0.1, 0.15) is 73.8 Å². The van der Waals surface area contributed by atoms with Crippen molar-refractivity contribution in [1.29, 1.82) is 0 Å². The number of hydrogen-bond donors (Lipinski definition) is 0. The molecule has 0 atom stereocenters. The Morgan fingerprint density at radius 1 is 0.218 bits per heavy atom. The van der Waals surface area contributed by atoms with Crippen molar-refractivity contribution in [3.05, 3.63) is 413 Å². The summed E-state index contributed by atoms with van der Waals surface area (Å²) in [5.41, 5.74) is 25.5. The molecule has 622 valence electrons. The number of nitrogens with zero attached hydrogens (tertiary/aromatic N) is 11. The van der Waals surface area contributed by atoms with E-state index in [0.717, 1.165) is 205 Å². The first-order valence-corrected chi connectivity index (χ1v) is 44.9. The molecule has 0 N–H and O–H groups in total. The van der Waals surface area contributed by atoms with Crippen LogP contribution in [0, 0.1) is 0 Å². The summed E-state index contributed by atoms with van der Waals surface area (Å²) in [5.74, 6) is 4.36. The van der Waals surface area contributed by atoms with E-state index in [-0.39, 0.29) is 20.1 Å². The lowest BCUT2D eigenvalue weighted by molar-refractivity contribution is 0.635. The summed E-state index contributed by atoms with van der Waals surface area (Å²) in [6.07, 6.45) is 1.67. The fourth-order valence-corrected chi connectivity index (χ4v) is 20.5. The van der Waals surface area contributed by atoms with E-state index in [9.17, 15) is 0 Å². The number of thiophene rings is 1. The predicted molar refractivity (Wildman–Crippen MR) is 538 cm³/mol. The number of rotatable bonds is 11. The van der Waals surface area contributed by atoms with Gasteiger partial charge < -0.3 is 31.4 Å². The van der Waals surface area contributed by atoms with Gasteiger partial charge in [0.25, 0.3) is 0 Å². The van der Waals surface area contributed by atoms with Crippen LogP contribution < -0.4 is 65.0 Å². The van der Waals surface area contributed by atoms with Crippen LogP contribution in [0.15, 0.2) is 439 Å². The van der Waals surface area contributed by atoms with Crippen LogP contribution in [-0.4, -0.2) is 60.0 Å². The van der Waals surface area contributed by atoms with Crippen LogP contribution in [-0.2, 0) is 0 Å². The number of anilines is 9. The molecule has 3 aliphatic heterocycles. The van der Waals surface area contributed by atoms with Gasteiger partial charge in [0.05, 0.1) is 44.3 Å². The van der Waals surface area contributed by atoms with Crippen molar-refractivity contribution in [2.45, 2.75) is 0 Å². The highest BCUT2D eigenvalue weighted by atomic mass is 32.1. The maximum Gasteiger partial charge on any atom is 0.338 e. The zero-order valence-electron chi connectivity index (χ0n) is 70.8. The SMILES string of the molecule is c1ccc(B2c3oc4ccccc4c3N(c3ccc(-c4nc(-c5ccccc5)nc(-c5ccccc5)n4)cc3)c3c2oc2ccccc32)cc1.c1ccc(B2c3oc4ccccc4c3N(c3nc(-c4ccccc4)nc(-c4ccccc4)n3)c3c2oc2ccccc32)cc1.c1ccc(B2c3oc4ccccc4c3N(c3ncnc4c3sc3ccccc34)c3c2oc2ccccc32)cc1. The zero-order chi connectivity index (χ0) is 87.6. The summed E-state index contributed by atoms with van der Waals surface area (Å²) in [7, 11) is 0. The van der Waals surface area contributed by atoms with Gasteiger partial charge in [-0.1, -0.05) is 320 Å². The lowest BCUT2D eigenvalue weighted by atomic mass is 9.39. The second-order valence-electron chi connectivity index (χ2n) is 33.0. The van der Waals surface area contributed by atoms with E-state index < -0.39 is 0 Å². The van der Waals surface area contributed by atoms with Gasteiger partial charge in [-0.3, -0.25) is 9.80 Å².